The van der Waals surface area contributed by atoms with E-state index in [9.17, 15) is 18.4 Å². The number of fused-ring (bicyclic) bond motifs is 1. The molecule has 0 aliphatic carbocycles. The van der Waals surface area contributed by atoms with E-state index < -0.39 is 17.5 Å². The van der Waals surface area contributed by atoms with Gasteiger partial charge in [-0.1, -0.05) is 29.8 Å². The molecule has 0 bridgehead atoms. The number of amides is 1. The molecule has 1 N–H and O–H groups in total. The van der Waals surface area contributed by atoms with Crippen molar-refractivity contribution in [2.24, 2.45) is 0 Å². The summed E-state index contributed by atoms with van der Waals surface area (Å²) in [6.07, 6.45) is 2.73. The minimum absolute atomic E-state index is 0.0131. The molecule has 158 valence electrons. The second kappa shape index (κ2) is 8.65. The molecule has 7 nitrogen and oxygen atoms in total. The maximum absolute atomic E-state index is 13.9. The lowest BCUT2D eigenvalue weighted by atomic mass is 10.2. The Kier molecular flexibility index (Phi) is 5.77. The van der Waals surface area contributed by atoms with E-state index in [2.05, 4.69) is 15.4 Å². The smallest absolute Gasteiger partial charge is 0.264 e. The van der Waals surface area contributed by atoms with Crippen LogP contribution < -0.4 is 10.9 Å². The number of halogens is 3. The summed E-state index contributed by atoms with van der Waals surface area (Å²) in [5.41, 5.74) is 0.535. The third kappa shape index (κ3) is 4.31. The number of nitrogens with zero attached hydrogens (tertiary/aromatic N) is 4. The summed E-state index contributed by atoms with van der Waals surface area (Å²) < 4.78 is 29.8. The van der Waals surface area contributed by atoms with Crippen molar-refractivity contribution in [3.05, 3.63) is 93.1 Å². The molecule has 1 amide bonds. The molecule has 4 aromatic rings. The van der Waals surface area contributed by atoms with Crippen LogP contribution in [0.4, 0.5) is 8.78 Å². The van der Waals surface area contributed by atoms with Gasteiger partial charge < -0.3 is 5.32 Å². The molecule has 0 saturated carbocycles. The van der Waals surface area contributed by atoms with E-state index in [4.69, 9.17) is 11.6 Å². The summed E-state index contributed by atoms with van der Waals surface area (Å²) >= 11 is 5.89. The fourth-order valence-electron chi connectivity index (χ4n) is 3.13. The Morgan fingerprint density at radius 2 is 1.97 bits per heavy atom. The Morgan fingerprint density at radius 3 is 2.74 bits per heavy atom. The predicted molar refractivity (Wildman–Crippen MR) is 111 cm³/mol. The van der Waals surface area contributed by atoms with Gasteiger partial charge >= 0.3 is 0 Å². The van der Waals surface area contributed by atoms with Crippen molar-refractivity contribution in [3.8, 4) is 0 Å². The molecule has 0 spiro atoms. The first kappa shape index (κ1) is 20.7. The highest BCUT2D eigenvalue weighted by atomic mass is 35.5. The van der Waals surface area contributed by atoms with Crippen LogP contribution in [0.2, 0.25) is 5.02 Å². The Hall–Kier alpha value is -3.59. The molecule has 0 unspecified atom stereocenters. The molecule has 10 heteroatoms. The first-order chi connectivity index (χ1) is 14.9. The Labute approximate surface area is 179 Å². The van der Waals surface area contributed by atoms with Crippen molar-refractivity contribution in [2.45, 2.75) is 13.1 Å². The van der Waals surface area contributed by atoms with Crippen LogP contribution in [0.15, 0.2) is 59.8 Å². The van der Waals surface area contributed by atoms with Crippen LogP contribution in [0.5, 0.6) is 0 Å². The van der Waals surface area contributed by atoms with Gasteiger partial charge in [0.2, 0.25) is 0 Å². The Bertz CT molecular complexity index is 1340. The lowest BCUT2D eigenvalue weighted by Gasteiger charge is -2.08. The second-order valence-corrected chi connectivity index (χ2v) is 7.16. The third-order valence-corrected chi connectivity index (χ3v) is 5.02. The molecule has 0 atom stereocenters. The summed E-state index contributed by atoms with van der Waals surface area (Å²) in [4.78, 5) is 29.2. The van der Waals surface area contributed by atoms with Gasteiger partial charge in [0.05, 0.1) is 29.9 Å². The number of carbonyl (C=O) groups excluding carboxylic acids is 1. The zero-order chi connectivity index (χ0) is 22.0. The zero-order valence-corrected chi connectivity index (χ0v) is 16.8. The average molecular weight is 444 g/mol. The highest BCUT2D eigenvalue weighted by Crippen LogP contribution is 2.17. The number of rotatable bonds is 6. The molecular weight excluding hydrogens is 428 g/mol. The van der Waals surface area contributed by atoms with Crippen molar-refractivity contribution < 1.29 is 13.6 Å². The van der Waals surface area contributed by atoms with E-state index in [-0.39, 0.29) is 41.2 Å². The maximum Gasteiger partial charge on any atom is 0.264 e. The van der Waals surface area contributed by atoms with Crippen molar-refractivity contribution >= 4 is 28.5 Å². The fraction of sp³-hybridized carbons (Fsp3) is 0.143. The van der Waals surface area contributed by atoms with Gasteiger partial charge in [0.25, 0.3) is 11.5 Å². The molecule has 0 fully saturated rings. The maximum atomic E-state index is 13.9. The average Bonchev–Trinajstić information content (AvgIpc) is 3.15. The molecule has 31 heavy (non-hydrogen) atoms. The van der Waals surface area contributed by atoms with E-state index in [0.29, 0.717) is 11.2 Å². The lowest BCUT2D eigenvalue weighted by molar-refractivity contribution is 0.0952. The molecule has 0 aliphatic rings. The monoisotopic (exact) mass is 443 g/mol. The van der Waals surface area contributed by atoms with Crippen LogP contribution in [-0.2, 0) is 13.1 Å². The van der Waals surface area contributed by atoms with Gasteiger partial charge in [-0.05, 0) is 24.3 Å². The molecule has 0 saturated heterocycles. The van der Waals surface area contributed by atoms with E-state index in [1.54, 1.807) is 18.2 Å². The van der Waals surface area contributed by atoms with Crippen LogP contribution in [0, 0.1) is 11.6 Å². The second-order valence-electron chi connectivity index (χ2n) is 6.75. The van der Waals surface area contributed by atoms with E-state index >= 15 is 0 Å². The number of carbonyl (C=O) groups is 1. The first-order valence-electron chi connectivity index (χ1n) is 9.31. The molecule has 2 heterocycles. The minimum Gasteiger partial charge on any atom is -0.350 e. The highest BCUT2D eigenvalue weighted by Gasteiger charge is 2.13. The van der Waals surface area contributed by atoms with Gasteiger partial charge in [0, 0.05) is 12.1 Å². The van der Waals surface area contributed by atoms with Crippen LogP contribution in [0.25, 0.3) is 11.0 Å². The number of benzene rings is 2. The quantitative estimate of drug-likeness (QED) is 0.496. The predicted octanol–water partition coefficient (Wildman–Crippen LogP) is 3.00. The molecule has 2 aromatic carbocycles. The van der Waals surface area contributed by atoms with Gasteiger partial charge in [-0.25, -0.2) is 18.4 Å². The van der Waals surface area contributed by atoms with Crippen LogP contribution in [-0.4, -0.2) is 31.8 Å². The highest BCUT2D eigenvalue weighted by molar-refractivity contribution is 6.33. The summed E-state index contributed by atoms with van der Waals surface area (Å²) in [6, 6.07) is 9.72. The van der Waals surface area contributed by atoms with Crippen molar-refractivity contribution in [2.75, 3.05) is 6.54 Å². The number of aromatic nitrogens is 4. The van der Waals surface area contributed by atoms with Crippen LogP contribution in [0.1, 0.15) is 15.9 Å². The number of hydrogen-bond acceptors (Lipinski definition) is 4. The third-order valence-electron chi connectivity index (χ3n) is 4.71. The molecule has 4 rings (SSSR count). The van der Waals surface area contributed by atoms with Gasteiger partial charge in [0.15, 0.2) is 5.65 Å². The van der Waals surface area contributed by atoms with Gasteiger partial charge in [-0.3, -0.25) is 14.2 Å². The van der Waals surface area contributed by atoms with Crippen LogP contribution >= 0.6 is 11.6 Å². The fourth-order valence-corrected chi connectivity index (χ4v) is 3.38. The van der Waals surface area contributed by atoms with E-state index in [1.165, 1.54) is 33.9 Å². The SMILES string of the molecule is O=C(NCCn1ncc2c(=O)n(Cc3ccccc3F)cnc21)c1ccc(F)cc1Cl. The first-order valence-corrected chi connectivity index (χ1v) is 9.69. The van der Waals surface area contributed by atoms with Gasteiger partial charge in [-0.2, -0.15) is 5.10 Å². The number of nitrogens with one attached hydrogen (secondary N) is 1. The summed E-state index contributed by atoms with van der Waals surface area (Å²) in [5.74, 6) is -1.39. The van der Waals surface area contributed by atoms with E-state index in [1.807, 2.05) is 0 Å². The Morgan fingerprint density at radius 1 is 1.16 bits per heavy atom. The standard InChI is InChI=1S/C21H16ClF2N5O2/c22-17-9-14(23)5-6-15(17)20(30)25-7-8-29-19-16(10-27-29)21(31)28(12-26-19)11-13-3-1-2-4-18(13)24/h1-6,9-10,12H,7-8,11H2,(H,25,30). The van der Waals surface area contributed by atoms with Gasteiger partial charge in [0.1, 0.15) is 23.3 Å². The molecule has 0 aliphatic heterocycles. The zero-order valence-electron chi connectivity index (χ0n) is 16.1. The van der Waals surface area contributed by atoms with Crippen molar-refractivity contribution in [1.29, 1.82) is 0 Å². The molecule has 0 radical (unpaired) electrons. The molecular formula is C21H16ClF2N5O2. The summed E-state index contributed by atoms with van der Waals surface area (Å²) in [6.45, 7) is 0.481. The van der Waals surface area contributed by atoms with Crippen LogP contribution in [0.3, 0.4) is 0 Å². The summed E-state index contributed by atoms with van der Waals surface area (Å²) in [5, 5.41) is 7.13. The van der Waals surface area contributed by atoms with Gasteiger partial charge in [-0.15, -0.1) is 0 Å². The normalized spacial score (nSPS) is 11.1. The molecule has 2 aromatic heterocycles. The topological polar surface area (TPSA) is 81.8 Å². The lowest BCUT2D eigenvalue weighted by Crippen LogP contribution is -2.28. The minimum atomic E-state index is -0.531. The summed E-state index contributed by atoms with van der Waals surface area (Å²) in [7, 11) is 0. The van der Waals surface area contributed by atoms with E-state index in [0.717, 1.165) is 12.1 Å². The largest absolute Gasteiger partial charge is 0.350 e. The Balaban J connectivity index is 1.47. The van der Waals surface area contributed by atoms with Crippen molar-refractivity contribution in [3.63, 3.8) is 0 Å². The number of hydrogen-bond donors (Lipinski definition) is 1. The van der Waals surface area contributed by atoms with Crippen molar-refractivity contribution in [1.82, 2.24) is 24.6 Å².